The summed E-state index contributed by atoms with van der Waals surface area (Å²) in [7, 11) is -3.75. The maximum atomic E-state index is 13.5. The maximum absolute atomic E-state index is 13.5. The molecule has 0 aromatic heterocycles. The lowest BCUT2D eigenvalue weighted by atomic mass is 10.0. The molecule has 2 aliphatic rings. The molecule has 0 saturated carbocycles. The van der Waals surface area contributed by atoms with E-state index in [9.17, 15) is 13.2 Å². The highest BCUT2D eigenvalue weighted by Gasteiger charge is 2.30. The van der Waals surface area contributed by atoms with Gasteiger partial charge in [0.15, 0.2) is 0 Å². The minimum Gasteiger partial charge on any atom is -0.336 e. The number of para-hydroxylation sites is 1. The SMILES string of the molecule is O=C(c1cccc(S(=O)(=O)N2CCCc3ccccc32)c1)N1CCN(Cc2ccccc2)CC1. The van der Waals surface area contributed by atoms with Gasteiger partial charge >= 0.3 is 0 Å². The number of amides is 1. The number of nitrogens with zero attached hydrogens (tertiary/aromatic N) is 3. The third-order valence-electron chi connectivity index (χ3n) is 6.65. The Kier molecular flexibility index (Phi) is 6.39. The van der Waals surface area contributed by atoms with E-state index in [2.05, 4.69) is 17.0 Å². The van der Waals surface area contributed by atoms with Gasteiger partial charge in [-0.1, -0.05) is 54.6 Å². The third-order valence-corrected chi connectivity index (χ3v) is 8.45. The molecule has 5 rings (SSSR count). The van der Waals surface area contributed by atoms with Gasteiger partial charge in [0.2, 0.25) is 0 Å². The summed E-state index contributed by atoms with van der Waals surface area (Å²) in [5.74, 6) is -0.115. The number of piperazine rings is 1. The molecule has 34 heavy (non-hydrogen) atoms. The summed E-state index contributed by atoms with van der Waals surface area (Å²) in [4.78, 5) is 17.5. The summed E-state index contributed by atoms with van der Waals surface area (Å²) >= 11 is 0. The van der Waals surface area contributed by atoms with Crippen molar-refractivity contribution in [3.05, 3.63) is 95.6 Å². The highest BCUT2D eigenvalue weighted by atomic mass is 32.2. The molecule has 6 nitrogen and oxygen atoms in total. The van der Waals surface area contributed by atoms with E-state index < -0.39 is 10.0 Å². The van der Waals surface area contributed by atoms with Crippen molar-refractivity contribution in [2.45, 2.75) is 24.3 Å². The minimum absolute atomic E-state index is 0.115. The summed E-state index contributed by atoms with van der Waals surface area (Å²) in [6.07, 6.45) is 1.65. The predicted octanol–water partition coefficient (Wildman–Crippen LogP) is 3.79. The van der Waals surface area contributed by atoms with E-state index in [1.807, 2.05) is 47.4 Å². The second-order valence-electron chi connectivity index (χ2n) is 8.89. The van der Waals surface area contributed by atoms with Gasteiger partial charge in [0.25, 0.3) is 15.9 Å². The topological polar surface area (TPSA) is 60.9 Å². The monoisotopic (exact) mass is 475 g/mol. The molecule has 3 aromatic carbocycles. The largest absolute Gasteiger partial charge is 0.336 e. The van der Waals surface area contributed by atoms with Crippen LogP contribution < -0.4 is 4.31 Å². The number of carbonyl (C=O) groups is 1. The number of rotatable bonds is 5. The number of hydrogen-bond acceptors (Lipinski definition) is 4. The molecule has 1 fully saturated rings. The molecule has 3 aromatic rings. The zero-order chi connectivity index (χ0) is 23.5. The van der Waals surface area contributed by atoms with Crippen LogP contribution in [0.5, 0.6) is 0 Å². The number of fused-ring (bicyclic) bond motifs is 1. The van der Waals surface area contributed by atoms with Crippen LogP contribution in [0, 0.1) is 0 Å². The molecule has 176 valence electrons. The van der Waals surface area contributed by atoms with E-state index in [4.69, 9.17) is 0 Å². The number of benzene rings is 3. The smallest absolute Gasteiger partial charge is 0.264 e. The van der Waals surface area contributed by atoms with Crippen molar-refractivity contribution < 1.29 is 13.2 Å². The minimum atomic E-state index is -3.75. The van der Waals surface area contributed by atoms with Crippen LogP contribution in [0.2, 0.25) is 0 Å². The Morgan fingerprint density at radius 3 is 2.32 bits per heavy atom. The Hall–Kier alpha value is -3.16. The Morgan fingerprint density at radius 2 is 1.53 bits per heavy atom. The first-order valence-corrected chi connectivity index (χ1v) is 13.2. The van der Waals surface area contributed by atoms with E-state index in [0.717, 1.165) is 43.7 Å². The van der Waals surface area contributed by atoms with Crippen molar-refractivity contribution in [2.24, 2.45) is 0 Å². The molecule has 2 heterocycles. The van der Waals surface area contributed by atoms with Crippen LogP contribution in [-0.4, -0.2) is 56.8 Å². The zero-order valence-electron chi connectivity index (χ0n) is 19.1. The number of aryl methyl sites for hydroxylation is 1. The standard InChI is InChI=1S/C27H29N3O3S/c31-27(29-18-16-28(17-19-29)21-22-8-2-1-3-9-22)24-11-6-13-25(20-24)34(32,33)30-15-7-12-23-10-4-5-14-26(23)30/h1-6,8-11,13-14,20H,7,12,15-19,21H2. The zero-order valence-corrected chi connectivity index (χ0v) is 20.0. The normalized spacial score (nSPS) is 16.8. The van der Waals surface area contributed by atoms with Gasteiger partial charge < -0.3 is 4.90 Å². The third kappa shape index (κ3) is 4.58. The second-order valence-corrected chi connectivity index (χ2v) is 10.8. The van der Waals surface area contributed by atoms with Gasteiger partial charge in [0, 0.05) is 44.8 Å². The summed E-state index contributed by atoms with van der Waals surface area (Å²) in [5, 5.41) is 0. The van der Waals surface area contributed by atoms with Gasteiger partial charge in [0.05, 0.1) is 10.6 Å². The fraction of sp³-hybridized carbons (Fsp3) is 0.296. The van der Waals surface area contributed by atoms with Crippen LogP contribution in [0.4, 0.5) is 5.69 Å². The summed E-state index contributed by atoms with van der Waals surface area (Å²) in [6.45, 7) is 4.16. The molecule has 0 radical (unpaired) electrons. The van der Waals surface area contributed by atoms with E-state index in [-0.39, 0.29) is 10.8 Å². The van der Waals surface area contributed by atoms with Gasteiger partial charge in [-0.15, -0.1) is 0 Å². The average Bonchev–Trinajstić information content (AvgIpc) is 2.89. The molecule has 0 bridgehead atoms. The first kappa shape index (κ1) is 22.6. The van der Waals surface area contributed by atoms with Crippen LogP contribution >= 0.6 is 0 Å². The van der Waals surface area contributed by atoms with E-state index >= 15 is 0 Å². The Balaban J connectivity index is 1.29. The van der Waals surface area contributed by atoms with Gasteiger partial charge in [0.1, 0.15) is 0 Å². The molecular formula is C27H29N3O3S. The molecule has 1 saturated heterocycles. The van der Waals surface area contributed by atoms with Crippen molar-refractivity contribution in [2.75, 3.05) is 37.0 Å². The number of anilines is 1. The number of hydrogen-bond donors (Lipinski definition) is 0. The molecule has 2 aliphatic heterocycles. The summed E-state index contributed by atoms with van der Waals surface area (Å²) in [5.41, 5.74) is 3.46. The van der Waals surface area contributed by atoms with E-state index in [1.54, 1.807) is 18.2 Å². The van der Waals surface area contributed by atoms with Crippen molar-refractivity contribution >= 4 is 21.6 Å². The fourth-order valence-corrected chi connectivity index (χ4v) is 6.39. The average molecular weight is 476 g/mol. The van der Waals surface area contributed by atoms with Crippen LogP contribution in [0.3, 0.4) is 0 Å². The number of sulfonamides is 1. The van der Waals surface area contributed by atoms with Gasteiger partial charge in [-0.25, -0.2) is 8.42 Å². The first-order chi connectivity index (χ1) is 16.5. The van der Waals surface area contributed by atoms with Gasteiger partial charge in [-0.2, -0.15) is 0 Å². The molecule has 1 amide bonds. The number of carbonyl (C=O) groups excluding carboxylic acids is 1. The highest BCUT2D eigenvalue weighted by molar-refractivity contribution is 7.92. The summed E-state index contributed by atoms with van der Waals surface area (Å²) < 4.78 is 28.5. The van der Waals surface area contributed by atoms with Crippen molar-refractivity contribution in [3.8, 4) is 0 Å². The van der Waals surface area contributed by atoms with E-state index in [1.165, 1.54) is 15.9 Å². The second kappa shape index (κ2) is 9.60. The molecule has 0 spiro atoms. The van der Waals surface area contributed by atoms with Crippen LogP contribution in [0.15, 0.2) is 83.8 Å². The highest BCUT2D eigenvalue weighted by Crippen LogP contribution is 2.32. The van der Waals surface area contributed by atoms with Gasteiger partial charge in [-0.3, -0.25) is 14.0 Å². The predicted molar refractivity (Wildman–Crippen MR) is 133 cm³/mol. The van der Waals surface area contributed by atoms with Crippen LogP contribution in [0.25, 0.3) is 0 Å². The Morgan fingerprint density at radius 1 is 0.794 bits per heavy atom. The first-order valence-electron chi connectivity index (χ1n) is 11.8. The quantitative estimate of drug-likeness (QED) is 0.563. The van der Waals surface area contributed by atoms with Gasteiger partial charge in [-0.05, 0) is 48.2 Å². The Bertz CT molecular complexity index is 1270. The van der Waals surface area contributed by atoms with Crippen LogP contribution in [0.1, 0.15) is 27.9 Å². The molecular weight excluding hydrogens is 446 g/mol. The summed E-state index contributed by atoms with van der Waals surface area (Å²) in [6, 6.07) is 24.5. The van der Waals surface area contributed by atoms with Crippen molar-refractivity contribution in [1.82, 2.24) is 9.80 Å². The van der Waals surface area contributed by atoms with Crippen molar-refractivity contribution in [1.29, 1.82) is 0 Å². The fourth-order valence-electron chi connectivity index (χ4n) is 4.80. The lowest BCUT2D eigenvalue weighted by Gasteiger charge is -2.35. The molecule has 7 heteroatoms. The molecule has 0 N–H and O–H groups in total. The van der Waals surface area contributed by atoms with E-state index in [0.29, 0.717) is 25.2 Å². The van der Waals surface area contributed by atoms with Crippen LogP contribution in [-0.2, 0) is 23.0 Å². The van der Waals surface area contributed by atoms with Crippen molar-refractivity contribution in [3.63, 3.8) is 0 Å². The molecule has 0 atom stereocenters. The molecule has 0 aliphatic carbocycles. The Labute approximate surface area is 201 Å². The maximum Gasteiger partial charge on any atom is 0.264 e. The molecule has 0 unspecified atom stereocenters. The lowest BCUT2D eigenvalue weighted by molar-refractivity contribution is 0.0628. The lowest BCUT2D eigenvalue weighted by Crippen LogP contribution is -2.48.